The van der Waals surface area contributed by atoms with E-state index in [4.69, 9.17) is 4.74 Å². The van der Waals surface area contributed by atoms with Gasteiger partial charge in [-0.25, -0.2) is 0 Å². The maximum atomic E-state index is 12.6. The van der Waals surface area contributed by atoms with E-state index in [-0.39, 0.29) is 18.1 Å². The minimum Gasteiger partial charge on any atom is -0.393 e. The van der Waals surface area contributed by atoms with Crippen LogP contribution in [0.2, 0.25) is 0 Å². The zero-order valence-electron chi connectivity index (χ0n) is 11.1. The van der Waals surface area contributed by atoms with E-state index in [9.17, 15) is 9.90 Å². The van der Waals surface area contributed by atoms with Gasteiger partial charge in [0.1, 0.15) is 5.72 Å². The van der Waals surface area contributed by atoms with Gasteiger partial charge in [0.15, 0.2) is 0 Å². The van der Waals surface area contributed by atoms with Gasteiger partial charge in [-0.1, -0.05) is 18.2 Å². The highest BCUT2D eigenvalue weighted by Gasteiger charge is 2.52. The fraction of sp³-hybridized carbons (Fsp3) is 0.533. The summed E-state index contributed by atoms with van der Waals surface area (Å²) in [5, 5.41) is 9.79. The van der Waals surface area contributed by atoms with Gasteiger partial charge < -0.3 is 14.7 Å². The number of ether oxygens (including phenoxy) is 1. The van der Waals surface area contributed by atoms with Gasteiger partial charge in [-0.3, -0.25) is 4.79 Å². The summed E-state index contributed by atoms with van der Waals surface area (Å²) in [7, 11) is 0. The Morgan fingerprint density at radius 2 is 2.16 bits per heavy atom. The highest BCUT2D eigenvalue weighted by atomic mass is 16.5. The van der Waals surface area contributed by atoms with E-state index in [1.807, 2.05) is 42.2 Å². The van der Waals surface area contributed by atoms with Crippen molar-refractivity contribution in [1.29, 1.82) is 0 Å². The van der Waals surface area contributed by atoms with Crippen molar-refractivity contribution in [2.45, 2.75) is 44.1 Å². The molecule has 1 spiro atoms. The Balaban J connectivity index is 1.88. The average Bonchev–Trinajstić information content (AvgIpc) is 2.93. The molecular weight excluding hydrogens is 242 g/mol. The molecule has 19 heavy (non-hydrogen) atoms. The van der Waals surface area contributed by atoms with Crippen LogP contribution in [0.25, 0.3) is 0 Å². The Morgan fingerprint density at radius 1 is 1.42 bits per heavy atom. The first kappa shape index (κ1) is 12.6. The molecule has 0 unspecified atom stereocenters. The number of aliphatic hydroxyl groups is 1. The lowest BCUT2D eigenvalue weighted by Crippen LogP contribution is -2.46. The first-order valence-electron chi connectivity index (χ1n) is 6.84. The van der Waals surface area contributed by atoms with Gasteiger partial charge in [0.05, 0.1) is 12.2 Å². The summed E-state index contributed by atoms with van der Waals surface area (Å²) >= 11 is 0. The first-order chi connectivity index (χ1) is 9.11. The number of carbonyl (C=O) groups excluding carboxylic acids is 1. The Kier molecular flexibility index (Phi) is 3.07. The molecule has 4 heteroatoms. The molecule has 1 saturated carbocycles. The van der Waals surface area contributed by atoms with Gasteiger partial charge in [-0.05, 0) is 31.9 Å². The molecule has 1 aromatic carbocycles. The van der Waals surface area contributed by atoms with Gasteiger partial charge in [-0.2, -0.15) is 0 Å². The van der Waals surface area contributed by atoms with Gasteiger partial charge in [0, 0.05) is 18.5 Å². The largest absolute Gasteiger partial charge is 0.393 e. The molecule has 1 aliphatic carbocycles. The van der Waals surface area contributed by atoms with Crippen LogP contribution < -0.4 is 0 Å². The standard InChI is InChI=1S/C15H19NO3/c1-11-10-16(14(18)12-5-3-2-4-6-12)15(19-11)8-7-13(17)9-15/h2-6,11,13,17H,7-10H2,1H3/t11-,13+,15-/m0/s1. The van der Waals surface area contributed by atoms with Crippen LogP contribution in [0.3, 0.4) is 0 Å². The third-order valence-electron chi connectivity index (χ3n) is 4.04. The first-order valence-corrected chi connectivity index (χ1v) is 6.84. The zero-order chi connectivity index (χ0) is 13.5. The molecule has 0 bridgehead atoms. The van der Waals surface area contributed by atoms with E-state index in [1.165, 1.54) is 0 Å². The van der Waals surface area contributed by atoms with Crippen molar-refractivity contribution < 1.29 is 14.6 Å². The fourth-order valence-corrected chi connectivity index (χ4v) is 3.22. The van der Waals surface area contributed by atoms with Crippen molar-refractivity contribution in [1.82, 2.24) is 4.90 Å². The third kappa shape index (κ3) is 2.15. The number of hydrogen-bond acceptors (Lipinski definition) is 3. The lowest BCUT2D eigenvalue weighted by Gasteiger charge is -2.33. The lowest BCUT2D eigenvalue weighted by molar-refractivity contribution is -0.0883. The quantitative estimate of drug-likeness (QED) is 0.838. The predicted octanol–water partition coefficient (Wildman–Crippen LogP) is 1.79. The van der Waals surface area contributed by atoms with Crippen molar-refractivity contribution in [3.8, 4) is 0 Å². The van der Waals surface area contributed by atoms with Crippen molar-refractivity contribution in [3.05, 3.63) is 35.9 Å². The van der Waals surface area contributed by atoms with Crippen LogP contribution in [0.1, 0.15) is 36.5 Å². The smallest absolute Gasteiger partial charge is 0.256 e. The highest BCUT2D eigenvalue weighted by Crippen LogP contribution is 2.42. The second-order valence-electron chi connectivity index (χ2n) is 5.55. The maximum absolute atomic E-state index is 12.6. The minimum absolute atomic E-state index is 0.000880. The van der Waals surface area contributed by atoms with Gasteiger partial charge in [-0.15, -0.1) is 0 Å². The summed E-state index contributed by atoms with van der Waals surface area (Å²) in [4.78, 5) is 14.4. The normalized spacial score (nSPS) is 34.1. The average molecular weight is 261 g/mol. The molecule has 0 radical (unpaired) electrons. The van der Waals surface area contributed by atoms with Crippen LogP contribution in [0, 0.1) is 0 Å². The molecule has 2 aliphatic rings. The molecule has 0 aromatic heterocycles. The number of aliphatic hydroxyl groups excluding tert-OH is 1. The van der Waals surface area contributed by atoms with E-state index in [2.05, 4.69) is 0 Å². The zero-order valence-corrected chi connectivity index (χ0v) is 11.1. The lowest BCUT2D eigenvalue weighted by atomic mass is 10.1. The third-order valence-corrected chi connectivity index (χ3v) is 4.04. The van der Waals surface area contributed by atoms with Gasteiger partial charge in [0.2, 0.25) is 0 Å². The molecule has 1 amide bonds. The Morgan fingerprint density at radius 3 is 2.79 bits per heavy atom. The summed E-state index contributed by atoms with van der Waals surface area (Å²) in [6, 6.07) is 9.28. The maximum Gasteiger partial charge on any atom is 0.256 e. The molecule has 3 atom stereocenters. The van der Waals surface area contributed by atoms with Crippen LogP contribution >= 0.6 is 0 Å². The second-order valence-corrected chi connectivity index (χ2v) is 5.55. The van der Waals surface area contributed by atoms with Crippen molar-refractivity contribution in [2.75, 3.05) is 6.54 Å². The Bertz CT molecular complexity index is 472. The molecule has 102 valence electrons. The number of carbonyl (C=O) groups is 1. The SMILES string of the molecule is C[C@H]1CN(C(=O)c2ccccc2)[C@@]2(CC[C@@H](O)C2)O1. The van der Waals surface area contributed by atoms with E-state index in [0.29, 0.717) is 24.9 Å². The number of nitrogens with zero attached hydrogens (tertiary/aromatic N) is 1. The molecule has 1 saturated heterocycles. The summed E-state index contributed by atoms with van der Waals surface area (Å²) in [5.41, 5.74) is 0.0899. The van der Waals surface area contributed by atoms with Crippen LogP contribution in [-0.4, -0.2) is 40.4 Å². The minimum atomic E-state index is -0.592. The van der Waals surface area contributed by atoms with Crippen molar-refractivity contribution >= 4 is 5.91 Å². The van der Waals surface area contributed by atoms with Crippen molar-refractivity contribution in [2.24, 2.45) is 0 Å². The topological polar surface area (TPSA) is 49.8 Å². The second kappa shape index (κ2) is 4.62. The number of hydrogen-bond donors (Lipinski definition) is 1. The summed E-state index contributed by atoms with van der Waals surface area (Å²) < 4.78 is 5.98. The Labute approximate surface area is 113 Å². The van der Waals surface area contributed by atoms with E-state index in [0.717, 1.165) is 6.42 Å². The van der Waals surface area contributed by atoms with Crippen molar-refractivity contribution in [3.63, 3.8) is 0 Å². The molecule has 2 fully saturated rings. The predicted molar refractivity (Wildman–Crippen MR) is 70.6 cm³/mol. The monoisotopic (exact) mass is 261 g/mol. The molecule has 1 N–H and O–H groups in total. The number of benzene rings is 1. The number of amides is 1. The molecule has 1 heterocycles. The van der Waals surface area contributed by atoms with Crippen LogP contribution in [0.5, 0.6) is 0 Å². The van der Waals surface area contributed by atoms with Gasteiger partial charge >= 0.3 is 0 Å². The number of rotatable bonds is 1. The van der Waals surface area contributed by atoms with Crippen LogP contribution in [-0.2, 0) is 4.74 Å². The molecule has 4 nitrogen and oxygen atoms in total. The Hall–Kier alpha value is -1.39. The van der Waals surface area contributed by atoms with Crippen LogP contribution in [0.15, 0.2) is 30.3 Å². The molecular formula is C15H19NO3. The van der Waals surface area contributed by atoms with Crippen LogP contribution in [0.4, 0.5) is 0 Å². The molecule has 1 aromatic rings. The molecule has 1 aliphatic heterocycles. The summed E-state index contributed by atoms with van der Waals surface area (Å²) in [6.45, 7) is 2.57. The van der Waals surface area contributed by atoms with E-state index in [1.54, 1.807) is 0 Å². The van der Waals surface area contributed by atoms with E-state index >= 15 is 0 Å². The fourth-order valence-electron chi connectivity index (χ4n) is 3.22. The van der Waals surface area contributed by atoms with Gasteiger partial charge in [0.25, 0.3) is 5.91 Å². The molecule has 3 rings (SSSR count). The summed E-state index contributed by atoms with van der Waals surface area (Å²) in [5.74, 6) is -0.000880. The highest BCUT2D eigenvalue weighted by molar-refractivity contribution is 5.94. The summed E-state index contributed by atoms with van der Waals surface area (Å²) in [6.07, 6.45) is 1.60. The van der Waals surface area contributed by atoms with E-state index < -0.39 is 5.72 Å².